The molecule has 126 valence electrons. The van der Waals surface area contributed by atoms with Crippen LogP contribution in [0.4, 0.5) is 0 Å². The number of rotatable bonds is 6. The number of carbonyl (C=O) groups is 2. The van der Waals surface area contributed by atoms with Gasteiger partial charge in [-0.3, -0.25) is 9.69 Å². The fourth-order valence-corrected chi connectivity index (χ4v) is 2.61. The Labute approximate surface area is 136 Å². The van der Waals surface area contributed by atoms with Crippen LogP contribution >= 0.6 is 0 Å². The summed E-state index contributed by atoms with van der Waals surface area (Å²) in [5, 5.41) is 11.8. The number of hydrogen-bond donors (Lipinski definition) is 2. The van der Waals surface area contributed by atoms with Crippen molar-refractivity contribution in [3.63, 3.8) is 0 Å². The van der Waals surface area contributed by atoms with Crippen LogP contribution < -0.4 is 5.32 Å². The highest BCUT2D eigenvalue weighted by Crippen LogP contribution is 2.11. The molecule has 2 atom stereocenters. The summed E-state index contributed by atoms with van der Waals surface area (Å²) in [6.45, 7) is 5.96. The molecule has 0 radical (unpaired) electrons. The highest BCUT2D eigenvalue weighted by atomic mass is 16.5. The number of ether oxygens (including phenoxy) is 1. The maximum atomic E-state index is 12.3. The van der Waals surface area contributed by atoms with Gasteiger partial charge in [-0.05, 0) is 11.5 Å². The largest absolute Gasteiger partial charge is 0.480 e. The Morgan fingerprint density at radius 2 is 2.04 bits per heavy atom. The fourth-order valence-electron chi connectivity index (χ4n) is 2.61. The minimum Gasteiger partial charge on any atom is -0.480 e. The molecule has 6 heteroatoms. The Hall–Kier alpha value is -1.92. The Morgan fingerprint density at radius 3 is 2.65 bits per heavy atom. The average Bonchev–Trinajstić information content (AvgIpc) is 2.53. The number of amides is 1. The molecular weight excluding hydrogens is 296 g/mol. The van der Waals surface area contributed by atoms with Crippen molar-refractivity contribution >= 4 is 11.9 Å². The van der Waals surface area contributed by atoms with Crippen LogP contribution in [0, 0.1) is 5.92 Å². The molecule has 0 aliphatic carbocycles. The van der Waals surface area contributed by atoms with Gasteiger partial charge in [-0.2, -0.15) is 0 Å². The van der Waals surface area contributed by atoms with E-state index in [4.69, 9.17) is 4.74 Å². The number of aliphatic carboxylic acids is 1. The van der Waals surface area contributed by atoms with Crippen molar-refractivity contribution in [1.29, 1.82) is 0 Å². The molecule has 1 aliphatic heterocycles. The van der Waals surface area contributed by atoms with E-state index in [9.17, 15) is 14.7 Å². The Balaban J connectivity index is 1.92. The van der Waals surface area contributed by atoms with Gasteiger partial charge in [0.05, 0.1) is 6.61 Å². The predicted octanol–water partition coefficient (Wildman–Crippen LogP) is 1.11. The minimum atomic E-state index is -1.02. The van der Waals surface area contributed by atoms with Gasteiger partial charge >= 0.3 is 5.97 Å². The van der Waals surface area contributed by atoms with Gasteiger partial charge in [-0.1, -0.05) is 44.2 Å². The first-order valence-corrected chi connectivity index (χ1v) is 7.88. The molecular formula is C17H24N2O4. The van der Waals surface area contributed by atoms with Crippen LogP contribution in [0.1, 0.15) is 19.4 Å². The molecule has 1 heterocycles. The quantitative estimate of drug-likeness (QED) is 0.821. The molecule has 0 bridgehead atoms. The van der Waals surface area contributed by atoms with Gasteiger partial charge in [0.1, 0.15) is 12.1 Å². The molecule has 0 saturated carbocycles. The Bertz CT molecular complexity index is 533. The number of nitrogens with zero attached hydrogens (tertiary/aromatic N) is 1. The third kappa shape index (κ3) is 5.04. The first-order chi connectivity index (χ1) is 11.0. The Kier molecular flexibility index (Phi) is 6.12. The van der Waals surface area contributed by atoms with E-state index in [1.807, 2.05) is 30.3 Å². The lowest BCUT2D eigenvalue weighted by Crippen LogP contribution is -2.54. The molecule has 0 aromatic heterocycles. The summed E-state index contributed by atoms with van der Waals surface area (Å²) in [5.41, 5.74) is 1.18. The summed E-state index contributed by atoms with van der Waals surface area (Å²) in [4.78, 5) is 25.6. The van der Waals surface area contributed by atoms with Gasteiger partial charge in [-0.15, -0.1) is 0 Å². The second-order valence-corrected chi connectivity index (χ2v) is 6.15. The highest BCUT2D eigenvalue weighted by molar-refractivity contribution is 5.86. The number of nitrogens with one attached hydrogen (secondary N) is 1. The van der Waals surface area contributed by atoms with Crippen LogP contribution in [-0.2, 0) is 20.9 Å². The van der Waals surface area contributed by atoms with Crippen LogP contribution in [0.15, 0.2) is 30.3 Å². The van der Waals surface area contributed by atoms with Gasteiger partial charge in [-0.25, -0.2) is 4.79 Å². The summed E-state index contributed by atoms with van der Waals surface area (Å²) in [7, 11) is 0. The molecule has 1 aromatic rings. The van der Waals surface area contributed by atoms with Crippen molar-refractivity contribution in [3.05, 3.63) is 35.9 Å². The van der Waals surface area contributed by atoms with Crippen LogP contribution in [0.25, 0.3) is 0 Å². The van der Waals surface area contributed by atoms with Crippen LogP contribution in [0.2, 0.25) is 0 Å². The van der Waals surface area contributed by atoms with E-state index in [-0.39, 0.29) is 11.8 Å². The number of hydrogen-bond acceptors (Lipinski definition) is 4. The standard InChI is InChI=1S/C17H24N2O4/c1-12(2)15(17(21)22)18-16(20)14-11-19(8-9-23-14)10-13-6-4-3-5-7-13/h3-7,12,14-15H,8-11H2,1-2H3,(H,18,20)(H,21,22)/t14?,15-/m0/s1. The lowest BCUT2D eigenvalue weighted by atomic mass is 10.0. The second-order valence-electron chi connectivity index (χ2n) is 6.15. The topological polar surface area (TPSA) is 78.9 Å². The number of carbonyl (C=O) groups excluding carboxylic acids is 1. The number of carboxylic acids is 1. The molecule has 0 spiro atoms. The zero-order valence-corrected chi connectivity index (χ0v) is 13.6. The molecule has 1 fully saturated rings. The molecule has 1 aliphatic rings. The van der Waals surface area contributed by atoms with E-state index in [1.54, 1.807) is 13.8 Å². The number of carboxylic acid groups (broad SMARTS) is 1. The summed E-state index contributed by atoms with van der Waals surface area (Å²) in [5.74, 6) is -1.56. The molecule has 1 amide bonds. The van der Waals surface area contributed by atoms with Crippen molar-refractivity contribution in [1.82, 2.24) is 10.2 Å². The molecule has 2 rings (SSSR count). The van der Waals surface area contributed by atoms with E-state index < -0.39 is 18.1 Å². The van der Waals surface area contributed by atoms with E-state index in [1.165, 1.54) is 5.56 Å². The van der Waals surface area contributed by atoms with Crippen LogP contribution in [0.5, 0.6) is 0 Å². The van der Waals surface area contributed by atoms with E-state index >= 15 is 0 Å². The van der Waals surface area contributed by atoms with Crippen molar-refractivity contribution in [2.24, 2.45) is 5.92 Å². The van der Waals surface area contributed by atoms with E-state index in [0.717, 1.165) is 13.1 Å². The molecule has 1 saturated heterocycles. The van der Waals surface area contributed by atoms with Crippen LogP contribution in [0.3, 0.4) is 0 Å². The zero-order valence-electron chi connectivity index (χ0n) is 13.6. The van der Waals surface area contributed by atoms with Crippen molar-refractivity contribution in [2.45, 2.75) is 32.5 Å². The van der Waals surface area contributed by atoms with E-state index in [2.05, 4.69) is 10.2 Å². The first kappa shape index (κ1) is 17.4. The van der Waals surface area contributed by atoms with Gasteiger partial charge in [0.2, 0.25) is 0 Å². The molecule has 1 aromatic carbocycles. The third-order valence-electron chi connectivity index (χ3n) is 3.92. The third-order valence-corrected chi connectivity index (χ3v) is 3.92. The van der Waals surface area contributed by atoms with Crippen molar-refractivity contribution in [2.75, 3.05) is 19.7 Å². The molecule has 2 N–H and O–H groups in total. The molecule has 6 nitrogen and oxygen atoms in total. The fraction of sp³-hybridized carbons (Fsp3) is 0.529. The van der Waals surface area contributed by atoms with Crippen molar-refractivity contribution in [3.8, 4) is 0 Å². The normalized spacial score (nSPS) is 20.2. The number of morpholine rings is 1. The highest BCUT2D eigenvalue weighted by Gasteiger charge is 2.31. The van der Waals surface area contributed by atoms with Gasteiger partial charge in [0, 0.05) is 19.6 Å². The Morgan fingerprint density at radius 1 is 1.35 bits per heavy atom. The van der Waals surface area contributed by atoms with Gasteiger partial charge in [0.15, 0.2) is 0 Å². The lowest BCUT2D eigenvalue weighted by Gasteiger charge is -2.33. The monoisotopic (exact) mass is 320 g/mol. The summed E-state index contributed by atoms with van der Waals surface area (Å²) < 4.78 is 5.52. The SMILES string of the molecule is CC(C)[C@H](NC(=O)C1CN(Cc2ccccc2)CCO1)C(=O)O. The smallest absolute Gasteiger partial charge is 0.326 e. The van der Waals surface area contributed by atoms with Crippen molar-refractivity contribution < 1.29 is 19.4 Å². The maximum absolute atomic E-state index is 12.3. The molecule has 1 unspecified atom stereocenters. The zero-order chi connectivity index (χ0) is 16.8. The number of benzene rings is 1. The van der Waals surface area contributed by atoms with Crippen LogP contribution in [-0.4, -0.2) is 53.7 Å². The average molecular weight is 320 g/mol. The lowest BCUT2D eigenvalue weighted by molar-refractivity contribution is -0.148. The maximum Gasteiger partial charge on any atom is 0.326 e. The van der Waals surface area contributed by atoms with E-state index in [0.29, 0.717) is 13.2 Å². The summed E-state index contributed by atoms with van der Waals surface area (Å²) in [6.07, 6.45) is -0.631. The predicted molar refractivity (Wildman–Crippen MR) is 85.9 cm³/mol. The van der Waals surface area contributed by atoms with Gasteiger partial charge < -0.3 is 15.2 Å². The summed E-state index contributed by atoms with van der Waals surface area (Å²) >= 11 is 0. The second kappa shape index (κ2) is 8.08. The van der Waals surface area contributed by atoms with Gasteiger partial charge in [0.25, 0.3) is 5.91 Å². The minimum absolute atomic E-state index is 0.180. The first-order valence-electron chi connectivity index (χ1n) is 7.88. The summed E-state index contributed by atoms with van der Waals surface area (Å²) in [6, 6.07) is 9.14. The molecule has 23 heavy (non-hydrogen) atoms.